The predicted molar refractivity (Wildman–Crippen MR) is 94.8 cm³/mol. The molecule has 0 spiro atoms. The molecule has 0 saturated heterocycles. The predicted octanol–water partition coefficient (Wildman–Crippen LogP) is 3.77. The molecule has 0 aliphatic rings. The quantitative estimate of drug-likeness (QED) is 0.789. The Hall–Kier alpha value is -2.05. The third-order valence-electron chi connectivity index (χ3n) is 3.26. The van der Waals surface area contributed by atoms with Gasteiger partial charge < -0.3 is 4.74 Å². The number of hydrogen-bond donors (Lipinski definition) is 1. The number of aryl methyl sites for hydroxylation is 1. The van der Waals surface area contributed by atoms with Gasteiger partial charge in [-0.2, -0.15) is 0 Å². The van der Waals surface area contributed by atoms with Crippen molar-refractivity contribution in [2.75, 3.05) is 11.3 Å². The molecule has 0 amide bonds. The van der Waals surface area contributed by atoms with E-state index >= 15 is 0 Å². The maximum atomic E-state index is 12.4. The fourth-order valence-electron chi connectivity index (χ4n) is 2.12. The molecule has 0 unspecified atom stereocenters. The van der Waals surface area contributed by atoms with Crippen molar-refractivity contribution in [3.05, 3.63) is 64.2 Å². The average Bonchev–Trinajstić information content (AvgIpc) is 2.49. The van der Waals surface area contributed by atoms with Crippen LogP contribution in [0.15, 0.2) is 42.5 Å². The largest absolute Gasteiger partial charge is 0.462 e. The van der Waals surface area contributed by atoms with Gasteiger partial charge in [-0.05, 0) is 49.2 Å². The summed E-state index contributed by atoms with van der Waals surface area (Å²) in [4.78, 5) is 11.8. The molecule has 1 N–H and O–H groups in total. The van der Waals surface area contributed by atoms with Crippen molar-refractivity contribution in [3.8, 4) is 0 Å². The summed E-state index contributed by atoms with van der Waals surface area (Å²) in [6.45, 7) is 3.72. The number of nitrogens with one attached hydrogen (secondary N) is 1. The number of rotatable bonds is 6. The van der Waals surface area contributed by atoms with E-state index < -0.39 is 16.0 Å². The molecular formula is C17H18ClNO4S. The Kier molecular flexibility index (Phi) is 5.85. The zero-order valence-corrected chi connectivity index (χ0v) is 14.9. The molecule has 0 bridgehead atoms. The molecule has 0 saturated carbocycles. The van der Waals surface area contributed by atoms with Gasteiger partial charge in [0.2, 0.25) is 10.0 Å². The SMILES string of the molecule is CCOC(=O)c1ccc(C)c(NS(=O)(=O)Cc2cccc(Cl)c2)c1. The highest BCUT2D eigenvalue weighted by Gasteiger charge is 2.15. The van der Waals surface area contributed by atoms with Crippen LogP contribution in [0.4, 0.5) is 5.69 Å². The summed E-state index contributed by atoms with van der Waals surface area (Å²) in [5, 5.41) is 0.475. The van der Waals surface area contributed by atoms with E-state index in [1.54, 1.807) is 50.2 Å². The second-order valence-corrected chi connectivity index (χ2v) is 7.40. The van der Waals surface area contributed by atoms with Crippen molar-refractivity contribution < 1.29 is 17.9 Å². The van der Waals surface area contributed by atoms with Gasteiger partial charge in [-0.1, -0.05) is 29.8 Å². The number of carbonyl (C=O) groups is 1. The summed E-state index contributed by atoms with van der Waals surface area (Å²) < 4.78 is 32.2. The minimum Gasteiger partial charge on any atom is -0.462 e. The first kappa shape index (κ1) is 18.3. The van der Waals surface area contributed by atoms with Crippen LogP contribution in [0.25, 0.3) is 0 Å². The van der Waals surface area contributed by atoms with E-state index in [1.807, 2.05) is 0 Å². The molecule has 0 fully saturated rings. The Labute approximate surface area is 146 Å². The highest BCUT2D eigenvalue weighted by atomic mass is 35.5. The zero-order chi connectivity index (χ0) is 17.7. The van der Waals surface area contributed by atoms with Crippen molar-refractivity contribution in [2.24, 2.45) is 0 Å². The van der Waals surface area contributed by atoms with Gasteiger partial charge in [0.25, 0.3) is 0 Å². The van der Waals surface area contributed by atoms with Crippen LogP contribution in [-0.2, 0) is 20.5 Å². The number of sulfonamides is 1. The van der Waals surface area contributed by atoms with Gasteiger partial charge in [0.1, 0.15) is 0 Å². The maximum Gasteiger partial charge on any atom is 0.338 e. The van der Waals surface area contributed by atoms with Crippen LogP contribution in [0.2, 0.25) is 5.02 Å². The lowest BCUT2D eigenvalue weighted by atomic mass is 10.1. The first-order valence-corrected chi connectivity index (χ1v) is 9.36. The molecule has 2 aromatic rings. The molecule has 7 heteroatoms. The van der Waals surface area contributed by atoms with Crippen LogP contribution in [-0.4, -0.2) is 21.0 Å². The summed E-state index contributed by atoms with van der Waals surface area (Å²) in [6.07, 6.45) is 0. The Morgan fingerprint density at radius 3 is 2.62 bits per heavy atom. The Morgan fingerprint density at radius 2 is 1.96 bits per heavy atom. The highest BCUT2D eigenvalue weighted by molar-refractivity contribution is 7.91. The smallest absolute Gasteiger partial charge is 0.338 e. The summed E-state index contributed by atoms with van der Waals surface area (Å²) in [5.74, 6) is -0.704. The van der Waals surface area contributed by atoms with Crippen LogP contribution < -0.4 is 4.72 Å². The summed E-state index contributed by atoms with van der Waals surface area (Å²) in [6, 6.07) is 11.4. The third kappa shape index (κ3) is 4.97. The number of esters is 1. The molecule has 0 radical (unpaired) electrons. The second kappa shape index (κ2) is 7.68. The first-order chi connectivity index (χ1) is 11.3. The highest BCUT2D eigenvalue weighted by Crippen LogP contribution is 2.21. The van der Waals surface area contributed by atoms with Gasteiger partial charge in [0.15, 0.2) is 0 Å². The van der Waals surface area contributed by atoms with E-state index in [-0.39, 0.29) is 12.4 Å². The summed E-state index contributed by atoms with van der Waals surface area (Å²) >= 11 is 5.88. The lowest BCUT2D eigenvalue weighted by Gasteiger charge is -2.12. The molecule has 2 aromatic carbocycles. The molecule has 0 atom stereocenters. The molecule has 128 valence electrons. The van der Waals surface area contributed by atoms with Crippen LogP contribution in [0.1, 0.15) is 28.4 Å². The Morgan fingerprint density at radius 1 is 1.21 bits per heavy atom. The third-order valence-corrected chi connectivity index (χ3v) is 4.74. The van der Waals surface area contributed by atoms with Gasteiger partial charge in [0.05, 0.1) is 23.6 Å². The first-order valence-electron chi connectivity index (χ1n) is 7.33. The number of benzene rings is 2. The molecular weight excluding hydrogens is 350 g/mol. The van der Waals surface area contributed by atoms with Crippen molar-refractivity contribution in [1.82, 2.24) is 0 Å². The molecule has 0 aromatic heterocycles. The zero-order valence-electron chi connectivity index (χ0n) is 13.4. The van der Waals surface area contributed by atoms with Gasteiger partial charge >= 0.3 is 5.97 Å². The van der Waals surface area contributed by atoms with Gasteiger partial charge in [-0.15, -0.1) is 0 Å². The molecule has 24 heavy (non-hydrogen) atoms. The summed E-state index contributed by atoms with van der Waals surface area (Å²) in [7, 11) is -3.64. The minimum absolute atomic E-state index is 0.212. The normalized spacial score (nSPS) is 11.1. The van der Waals surface area contributed by atoms with E-state index in [0.29, 0.717) is 27.4 Å². The standard InChI is InChI=1S/C17H18ClNO4S/c1-3-23-17(20)14-8-7-12(2)16(10-14)19-24(21,22)11-13-5-4-6-15(18)9-13/h4-10,19H,3,11H2,1-2H3. The molecule has 5 nitrogen and oxygen atoms in total. The Bertz CT molecular complexity index is 849. The lowest BCUT2D eigenvalue weighted by molar-refractivity contribution is 0.0526. The van der Waals surface area contributed by atoms with E-state index in [0.717, 1.165) is 0 Å². The van der Waals surface area contributed by atoms with Crippen molar-refractivity contribution in [2.45, 2.75) is 19.6 Å². The topological polar surface area (TPSA) is 72.5 Å². The van der Waals surface area contributed by atoms with E-state index in [4.69, 9.17) is 16.3 Å². The minimum atomic E-state index is -3.64. The van der Waals surface area contributed by atoms with Gasteiger partial charge in [-0.25, -0.2) is 13.2 Å². The second-order valence-electron chi connectivity index (χ2n) is 5.24. The van der Waals surface area contributed by atoms with Crippen LogP contribution in [0.3, 0.4) is 0 Å². The van der Waals surface area contributed by atoms with Gasteiger partial charge in [-0.3, -0.25) is 4.72 Å². The van der Waals surface area contributed by atoms with E-state index in [9.17, 15) is 13.2 Å². The molecule has 0 aliphatic carbocycles. The number of hydrogen-bond acceptors (Lipinski definition) is 4. The Balaban J connectivity index is 2.22. The average molecular weight is 368 g/mol. The number of anilines is 1. The van der Waals surface area contributed by atoms with Crippen LogP contribution in [0.5, 0.6) is 0 Å². The number of ether oxygens (including phenoxy) is 1. The maximum absolute atomic E-state index is 12.4. The van der Waals surface area contributed by atoms with E-state index in [1.165, 1.54) is 6.07 Å². The monoisotopic (exact) mass is 367 g/mol. The molecule has 0 aliphatic heterocycles. The van der Waals surface area contributed by atoms with Crippen molar-refractivity contribution >= 4 is 33.3 Å². The van der Waals surface area contributed by atoms with E-state index in [2.05, 4.69) is 4.72 Å². The van der Waals surface area contributed by atoms with Crippen LogP contribution in [0, 0.1) is 6.92 Å². The molecule has 2 rings (SSSR count). The fourth-order valence-corrected chi connectivity index (χ4v) is 3.58. The van der Waals surface area contributed by atoms with Gasteiger partial charge in [0, 0.05) is 5.02 Å². The summed E-state index contributed by atoms with van der Waals surface area (Å²) in [5.41, 5.74) is 1.93. The van der Waals surface area contributed by atoms with Crippen molar-refractivity contribution in [1.29, 1.82) is 0 Å². The lowest BCUT2D eigenvalue weighted by Crippen LogP contribution is -2.16. The fraction of sp³-hybridized carbons (Fsp3) is 0.235. The van der Waals surface area contributed by atoms with Crippen LogP contribution >= 0.6 is 11.6 Å². The van der Waals surface area contributed by atoms with Crippen molar-refractivity contribution in [3.63, 3.8) is 0 Å². The number of halogens is 1. The molecule has 0 heterocycles. The number of carbonyl (C=O) groups excluding carboxylic acids is 1.